The number of rotatable bonds is 4. The van der Waals surface area contributed by atoms with E-state index in [9.17, 15) is 0 Å². The van der Waals surface area contributed by atoms with E-state index >= 15 is 0 Å². The van der Waals surface area contributed by atoms with Gasteiger partial charge in [0.1, 0.15) is 15.7 Å². The Morgan fingerprint density at radius 1 is 1.37 bits per heavy atom. The SMILES string of the molecule is Clc1cnc(CNc2cccc(-n3cnnn3)c2)s1. The van der Waals surface area contributed by atoms with Crippen LogP contribution in [0, 0.1) is 0 Å². The van der Waals surface area contributed by atoms with Crippen molar-refractivity contribution < 1.29 is 0 Å². The lowest BCUT2D eigenvalue weighted by Gasteiger charge is -2.06. The molecule has 0 spiro atoms. The van der Waals surface area contributed by atoms with Crippen LogP contribution >= 0.6 is 22.9 Å². The van der Waals surface area contributed by atoms with Gasteiger partial charge >= 0.3 is 0 Å². The third-order valence-corrected chi connectivity index (χ3v) is 3.54. The number of aromatic nitrogens is 5. The molecule has 3 rings (SSSR count). The van der Waals surface area contributed by atoms with Crippen LogP contribution in [0.15, 0.2) is 36.8 Å². The summed E-state index contributed by atoms with van der Waals surface area (Å²) in [5.74, 6) is 0. The molecule has 0 saturated heterocycles. The molecule has 6 nitrogen and oxygen atoms in total. The lowest BCUT2D eigenvalue weighted by atomic mass is 10.3. The van der Waals surface area contributed by atoms with Gasteiger partial charge in [-0.25, -0.2) is 9.67 Å². The second kappa shape index (κ2) is 5.33. The molecule has 19 heavy (non-hydrogen) atoms. The van der Waals surface area contributed by atoms with Crippen molar-refractivity contribution in [2.24, 2.45) is 0 Å². The monoisotopic (exact) mass is 292 g/mol. The third-order valence-electron chi connectivity index (χ3n) is 2.43. The molecule has 0 atom stereocenters. The van der Waals surface area contributed by atoms with E-state index < -0.39 is 0 Å². The van der Waals surface area contributed by atoms with Gasteiger partial charge in [-0.15, -0.1) is 16.4 Å². The molecule has 2 aromatic heterocycles. The van der Waals surface area contributed by atoms with Crippen molar-refractivity contribution in [2.75, 3.05) is 5.32 Å². The molecule has 1 N–H and O–H groups in total. The van der Waals surface area contributed by atoms with Gasteiger partial charge in [0.15, 0.2) is 0 Å². The Labute approximate surface area is 118 Å². The molecular formula is C11H9ClN6S. The predicted molar refractivity (Wildman–Crippen MR) is 73.6 cm³/mol. The summed E-state index contributed by atoms with van der Waals surface area (Å²) in [7, 11) is 0. The van der Waals surface area contributed by atoms with Gasteiger partial charge in [-0.05, 0) is 28.6 Å². The lowest BCUT2D eigenvalue weighted by Crippen LogP contribution is -2.00. The number of nitrogens with one attached hydrogen (secondary N) is 1. The number of hydrogen-bond acceptors (Lipinski definition) is 6. The minimum Gasteiger partial charge on any atom is -0.378 e. The highest BCUT2D eigenvalue weighted by atomic mass is 35.5. The summed E-state index contributed by atoms with van der Waals surface area (Å²) in [6.45, 7) is 0.635. The third kappa shape index (κ3) is 2.88. The summed E-state index contributed by atoms with van der Waals surface area (Å²) in [4.78, 5) is 4.19. The highest BCUT2D eigenvalue weighted by Gasteiger charge is 2.02. The summed E-state index contributed by atoms with van der Waals surface area (Å²) in [6.07, 6.45) is 3.21. The molecule has 0 fully saturated rings. The molecule has 96 valence electrons. The fourth-order valence-corrected chi connectivity index (χ4v) is 2.48. The number of thiazole rings is 1. The second-order valence-electron chi connectivity index (χ2n) is 3.72. The molecular weight excluding hydrogens is 284 g/mol. The quantitative estimate of drug-likeness (QED) is 0.799. The van der Waals surface area contributed by atoms with Gasteiger partial charge in [0.05, 0.1) is 18.4 Å². The summed E-state index contributed by atoms with van der Waals surface area (Å²) in [5.41, 5.74) is 1.87. The van der Waals surface area contributed by atoms with Gasteiger partial charge in [-0.2, -0.15) is 0 Å². The van der Waals surface area contributed by atoms with Gasteiger partial charge in [-0.3, -0.25) is 0 Å². The fourth-order valence-electron chi connectivity index (χ4n) is 1.59. The summed E-state index contributed by atoms with van der Waals surface area (Å²) >= 11 is 7.30. The number of nitrogens with zero attached hydrogens (tertiary/aromatic N) is 5. The molecule has 0 aliphatic rings. The molecule has 0 radical (unpaired) electrons. The van der Waals surface area contributed by atoms with Crippen molar-refractivity contribution in [1.82, 2.24) is 25.2 Å². The summed E-state index contributed by atoms with van der Waals surface area (Å²) < 4.78 is 2.30. The van der Waals surface area contributed by atoms with Gasteiger partial charge in [0, 0.05) is 5.69 Å². The molecule has 0 aliphatic carbocycles. The van der Waals surface area contributed by atoms with Crippen molar-refractivity contribution in [3.8, 4) is 5.69 Å². The van der Waals surface area contributed by atoms with E-state index in [0.717, 1.165) is 16.4 Å². The number of anilines is 1. The van der Waals surface area contributed by atoms with E-state index in [0.29, 0.717) is 10.9 Å². The number of hydrogen-bond donors (Lipinski definition) is 1. The van der Waals surface area contributed by atoms with E-state index in [1.54, 1.807) is 17.2 Å². The summed E-state index contributed by atoms with van der Waals surface area (Å²) in [6, 6.07) is 7.81. The standard InChI is InChI=1S/C11H9ClN6S/c12-10-5-14-11(19-10)6-13-8-2-1-3-9(4-8)18-7-15-16-17-18/h1-5,7,13H,6H2. The Hall–Kier alpha value is -1.99. The molecule has 0 saturated carbocycles. The van der Waals surface area contributed by atoms with Crippen molar-refractivity contribution in [1.29, 1.82) is 0 Å². The molecule has 1 aromatic carbocycles. The van der Waals surface area contributed by atoms with Gasteiger partial charge in [-0.1, -0.05) is 17.7 Å². The maximum absolute atomic E-state index is 5.84. The van der Waals surface area contributed by atoms with Crippen LogP contribution in [0.5, 0.6) is 0 Å². The van der Waals surface area contributed by atoms with E-state index in [4.69, 9.17) is 11.6 Å². The van der Waals surface area contributed by atoms with E-state index in [2.05, 4.69) is 25.8 Å². The molecule has 2 heterocycles. The van der Waals surface area contributed by atoms with Crippen LogP contribution in [-0.2, 0) is 6.54 Å². The average molecular weight is 293 g/mol. The van der Waals surface area contributed by atoms with Crippen molar-refractivity contribution in [2.45, 2.75) is 6.54 Å². The Balaban J connectivity index is 1.73. The zero-order valence-electron chi connectivity index (χ0n) is 9.69. The smallest absolute Gasteiger partial charge is 0.143 e. The van der Waals surface area contributed by atoms with Gasteiger partial charge < -0.3 is 5.32 Å². The topological polar surface area (TPSA) is 68.5 Å². The molecule has 0 aliphatic heterocycles. The number of halogens is 1. The normalized spacial score (nSPS) is 10.6. The molecule has 8 heteroatoms. The zero-order chi connectivity index (χ0) is 13.1. The van der Waals surface area contributed by atoms with Gasteiger partial charge in [0.2, 0.25) is 0 Å². The van der Waals surface area contributed by atoms with Crippen molar-refractivity contribution in [3.05, 3.63) is 46.1 Å². The predicted octanol–water partition coefficient (Wildman–Crippen LogP) is 2.38. The molecule has 3 aromatic rings. The zero-order valence-corrected chi connectivity index (χ0v) is 11.3. The molecule has 0 bridgehead atoms. The van der Waals surface area contributed by atoms with Crippen LogP contribution in [-0.4, -0.2) is 25.2 Å². The Morgan fingerprint density at radius 3 is 3.05 bits per heavy atom. The van der Waals surface area contributed by atoms with Crippen LogP contribution < -0.4 is 5.32 Å². The second-order valence-corrected chi connectivity index (χ2v) is 5.46. The fraction of sp³-hybridized carbons (Fsp3) is 0.0909. The maximum Gasteiger partial charge on any atom is 0.143 e. The Kier molecular flexibility index (Phi) is 3.39. The molecule has 0 amide bonds. The Bertz CT molecular complexity index is 665. The van der Waals surface area contributed by atoms with Crippen molar-refractivity contribution >= 4 is 28.6 Å². The number of tetrazole rings is 1. The van der Waals surface area contributed by atoms with Gasteiger partial charge in [0.25, 0.3) is 0 Å². The van der Waals surface area contributed by atoms with E-state index in [1.807, 2.05) is 24.3 Å². The first-order valence-corrected chi connectivity index (χ1v) is 6.68. The molecule has 0 unspecified atom stereocenters. The van der Waals surface area contributed by atoms with Crippen LogP contribution in [0.3, 0.4) is 0 Å². The summed E-state index contributed by atoms with van der Waals surface area (Å²) in [5, 5.41) is 15.3. The van der Waals surface area contributed by atoms with Crippen molar-refractivity contribution in [3.63, 3.8) is 0 Å². The first-order chi connectivity index (χ1) is 9.31. The van der Waals surface area contributed by atoms with E-state index in [1.165, 1.54) is 11.3 Å². The largest absolute Gasteiger partial charge is 0.378 e. The Morgan fingerprint density at radius 2 is 2.32 bits per heavy atom. The first kappa shape index (κ1) is 12.1. The van der Waals surface area contributed by atoms with Crippen LogP contribution in [0.1, 0.15) is 5.01 Å². The highest BCUT2D eigenvalue weighted by Crippen LogP contribution is 2.20. The number of benzene rings is 1. The van der Waals surface area contributed by atoms with Crippen LogP contribution in [0.2, 0.25) is 4.34 Å². The minimum atomic E-state index is 0.635. The minimum absolute atomic E-state index is 0.635. The first-order valence-electron chi connectivity index (χ1n) is 5.49. The lowest BCUT2D eigenvalue weighted by molar-refractivity contribution is 0.789. The highest BCUT2D eigenvalue weighted by molar-refractivity contribution is 7.15. The van der Waals surface area contributed by atoms with E-state index in [-0.39, 0.29) is 0 Å². The maximum atomic E-state index is 5.84. The van der Waals surface area contributed by atoms with Crippen LogP contribution in [0.25, 0.3) is 5.69 Å². The van der Waals surface area contributed by atoms with Crippen LogP contribution in [0.4, 0.5) is 5.69 Å². The average Bonchev–Trinajstić information content (AvgIpc) is 3.08.